The normalized spacial score (nSPS) is 10.9. The number of aliphatic imine (C=N–C) groups is 1. The molecule has 0 aromatic rings. The first-order valence-electron chi connectivity index (χ1n) is 1.81. The summed E-state index contributed by atoms with van der Waals surface area (Å²) in [5, 5.41) is 0. The first-order valence-corrected chi connectivity index (χ1v) is 1.81. The van der Waals surface area contributed by atoms with E-state index >= 15 is 0 Å². The van der Waals surface area contributed by atoms with E-state index in [4.69, 9.17) is 0 Å². The predicted molar refractivity (Wildman–Crippen MR) is 26.4 cm³/mol. The molecule has 0 saturated heterocycles. The summed E-state index contributed by atoms with van der Waals surface area (Å²) in [5.74, 6) is 0.125. The number of methoxy groups -OCH3 is 1. The van der Waals surface area contributed by atoms with Crippen LogP contribution in [0.2, 0.25) is 0 Å². The summed E-state index contributed by atoms with van der Waals surface area (Å²) in [6, 6.07) is 0. The van der Waals surface area contributed by atoms with Gasteiger partial charge in [0.1, 0.15) is 0 Å². The third-order valence-electron chi connectivity index (χ3n) is 0.530. The maximum absolute atomic E-state index is 9.71. The SMILES string of the molecule is CN=C(C=O)OC. The number of hydrogen-bond acceptors (Lipinski definition) is 3. The monoisotopic (exact) mass is 101 g/mol. The zero-order chi connectivity index (χ0) is 5.70. The van der Waals surface area contributed by atoms with E-state index in [-0.39, 0.29) is 5.90 Å². The smallest absolute Gasteiger partial charge is 0.249 e. The molecule has 3 nitrogen and oxygen atoms in total. The number of ether oxygens (including phenoxy) is 1. The molecule has 0 spiro atoms. The molecular formula is C4H7NO2. The van der Waals surface area contributed by atoms with Crippen molar-refractivity contribution in [2.45, 2.75) is 0 Å². The van der Waals surface area contributed by atoms with Gasteiger partial charge in [0.15, 0.2) is 0 Å². The Labute approximate surface area is 42.0 Å². The van der Waals surface area contributed by atoms with Gasteiger partial charge in [0.05, 0.1) is 7.11 Å². The molecule has 0 N–H and O–H groups in total. The summed E-state index contributed by atoms with van der Waals surface area (Å²) in [6.07, 6.45) is 0.556. The van der Waals surface area contributed by atoms with Gasteiger partial charge in [-0.25, -0.2) is 0 Å². The summed E-state index contributed by atoms with van der Waals surface area (Å²) in [5.41, 5.74) is 0. The number of rotatable bonds is 1. The Balaban J connectivity index is 3.60. The van der Waals surface area contributed by atoms with Gasteiger partial charge in [-0.15, -0.1) is 0 Å². The lowest BCUT2D eigenvalue weighted by atomic mass is 10.7. The van der Waals surface area contributed by atoms with Crippen molar-refractivity contribution >= 4 is 12.2 Å². The quantitative estimate of drug-likeness (QED) is 0.262. The molecule has 0 unspecified atom stereocenters. The van der Waals surface area contributed by atoms with Crippen LogP contribution in [-0.2, 0) is 9.53 Å². The van der Waals surface area contributed by atoms with E-state index in [1.807, 2.05) is 0 Å². The van der Waals surface area contributed by atoms with E-state index in [9.17, 15) is 4.79 Å². The Kier molecular flexibility index (Phi) is 2.92. The molecule has 0 heterocycles. The van der Waals surface area contributed by atoms with Crippen LogP contribution in [0.25, 0.3) is 0 Å². The molecule has 0 atom stereocenters. The summed E-state index contributed by atoms with van der Waals surface area (Å²) in [7, 11) is 2.89. The average Bonchev–Trinajstić information content (AvgIpc) is 1.72. The second-order valence-corrected chi connectivity index (χ2v) is 0.884. The molecule has 0 amide bonds. The fourth-order valence-electron chi connectivity index (χ4n) is 0.192. The Morgan fingerprint density at radius 1 is 1.86 bits per heavy atom. The number of nitrogens with zero attached hydrogens (tertiary/aromatic N) is 1. The molecule has 0 bridgehead atoms. The molecule has 0 aromatic heterocycles. The highest BCUT2D eigenvalue weighted by Gasteiger charge is 1.85. The average molecular weight is 101 g/mol. The molecule has 0 aliphatic heterocycles. The fraction of sp³-hybridized carbons (Fsp3) is 0.500. The lowest BCUT2D eigenvalue weighted by Crippen LogP contribution is -2.00. The minimum absolute atomic E-state index is 0.125. The van der Waals surface area contributed by atoms with E-state index in [0.717, 1.165) is 0 Å². The molecule has 7 heavy (non-hydrogen) atoms. The molecule has 3 heteroatoms. The van der Waals surface area contributed by atoms with Crippen LogP contribution in [-0.4, -0.2) is 26.3 Å². The first kappa shape index (κ1) is 6.14. The van der Waals surface area contributed by atoms with Crippen LogP contribution in [0.4, 0.5) is 0 Å². The largest absolute Gasteiger partial charge is 0.479 e. The topological polar surface area (TPSA) is 38.7 Å². The highest BCUT2D eigenvalue weighted by atomic mass is 16.5. The van der Waals surface area contributed by atoms with E-state index in [2.05, 4.69) is 9.73 Å². The summed E-state index contributed by atoms with van der Waals surface area (Å²) < 4.78 is 4.43. The first-order chi connectivity index (χ1) is 3.35. The summed E-state index contributed by atoms with van der Waals surface area (Å²) >= 11 is 0. The van der Waals surface area contributed by atoms with Crippen molar-refractivity contribution in [2.75, 3.05) is 14.2 Å². The highest BCUT2D eigenvalue weighted by molar-refractivity contribution is 6.23. The molecule has 0 aliphatic carbocycles. The van der Waals surface area contributed by atoms with Gasteiger partial charge < -0.3 is 4.74 Å². The van der Waals surface area contributed by atoms with Crippen LogP contribution in [0.3, 0.4) is 0 Å². The fourth-order valence-corrected chi connectivity index (χ4v) is 0.192. The van der Waals surface area contributed by atoms with Gasteiger partial charge in [-0.1, -0.05) is 0 Å². The van der Waals surface area contributed by atoms with E-state index in [1.165, 1.54) is 14.2 Å². The third kappa shape index (κ3) is 1.92. The molecule has 40 valence electrons. The van der Waals surface area contributed by atoms with Gasteiger partial charge in [-0.2, -0.15) is 0 Å². The zero-order valence-electron chi connectivity index (χ0n) is 4.34. The van der Waals surface area contributed by atoms with Crippen LogP contribution in [0.15, 0.2) is 4.99 Å². The van der Waals surface area contributed by atoms with E-state index in [0.29, 0.717) is 6.29 Å². The zero-order valence-corrected chi connectivity index (χ0v) is 4.34. The highest BCUT2D eigenvalue weighted by Crippen LogP contribution is 1.67. The maximum Gasteiger partial charge on any atom is 0.249 e. The van der Waals surface area contributed by atoms with Crippen LogP contribution in [0.5, 0.6) is 0 Å². The Morgan fingerprint density at radius 3 is 2.43 bits per heavy atom. The number of aldehydes is 1. The van der Waals surface area contributed by atoms with Crippen molar-refractivity contribution in [1.82, 2.24) is 0 Å². The van der Waals surface area contributed by atoms with Gasteiger partial charge in [0, 0.05) is 7.05 Å². The molecule has 0 radical (unpaired) electrons. The molecule has 0 aliphatic rings. The Bertz CT molecular complexity index is 87.7. The molecule has 0 rings (SSSR count). The summed E-state index contributed by atoms with van der Waals surface area (Å²) in [6.45, 7) is 0. The van der Waals surface area contributed by atoms with Crippen molar-refractivity contribution < 1.29 is 9.53 Å². The molecular weight excluding hydrogens is 94.0 g/mol. The van der Waals surface area contributed by atoms with Crippen molar-refractivity contribution in [1.29, 1.82) is 0 Å². The maximum atomic E-state index is 9.71. The van der Waals surface area contributed by atoms with Crippen LogP contribution in [0.1, 0.15) is 0 Å². The Hall–Kier alpha value is -0.860. The number of carbonyl (C=O) groups is 1. The molecule has 0 fully saturated rings. The van der Waals surface area contributed by atoms with E-state index in [1.54, 1.807) is 0 Å². The molecule has 0 aromatic carbocycles. The Morgan fingerprint density at radius 2 is 2.43 bits per heavy atom. The standard InChI is InChI=1S/C4H7NO2/c1-5-4(3-6)7-2/h3H,1-2H3. The lowest BCUT2D eigenvalue weighted by Gasteiger charge is -1.88. The van der Waals surface area contributed by atoms with Crippen LogP contribution in [0, 0.1) is 0 Å². The van der Waals surface area contributed by atoms with Crippen LogP contribution < -0.4 is 0 Å². The summed E-state index contributed by atoms with van der Waals surface area (Å²) in [4.78, 5) is 13.2. The van der Waals surface area contributed by atoms with Gasteiger partial charge in [0.25, 0.3) is 0 Å². The van der Waals surface area contributed by atoms with Gasteiger partial charge in [-0.05, 0) is 0 Å². The second-order valence-electron chi connectivity index (χ2n) is 0.884. The third-order valence-corrected chi connectivity index (χ3v) is 0.530. The minimum atomic E-state index is 0.125. The second kappa shape index (κ2) is 3.33. The predicted octanol–water partition coefficient (Wildman–Crippen LogP) is -0.140. The number of hydrogen-bond donors (Lipinski definition) is 0. The number of carbonyl (C=O) groups excluding carboxylic acids is 1. The van der Waals surface area contributed by atoms with Crippen molar-refractivity contribution in [3.05, 3.63) is 0 Å². The van der Waals surface area contributed by atoms with Crippen molar-refractivity contribution in [3.8, 4) is 0 Å². The van der Waals surface area contributed by atoms with Crippen LogP contribution >= 0.6 is 0 Å². The lowest BCUT2D eigenvalue weighted by molar-refractivity contribution is -0.103. The van der Waals surface area contributed by atoms with E-state index < -0.39 is 0 Å². The minimum Gasteiger partial charge on any atom is -0.479 e. The van der Waals surface area contributed by atoms with Gasteiger partial charge >= 0.3 is 0 Å². The van der Waals surface area contributed by atoms with Crippen molar-refractivity contribution in [3.63, 3.8) is 0 Å². The van der Waals surface area contributed by atoms with Gasteiger partial charge in [0.2, 0.25) is 12.2 Å². The molecule has 0 saturated carbocycles. The van der Waals surface area contributed by atoms with Gasteiger partial charge in [-0.3, -0.25) is 9.79 Å². The van der Waals surface area contributed by atoms with Crippen molar-refractivity contribution in [2.24, 2.45) is 4.99 Å².